The largest absolute Gasteiger partial charge is 2.00 e. The standard InChI is InChI=1S/2C12H11N3S2.Zn/c1-17-12(16)15-14-8-11-6-9-4-2-3-5-10(9)7-13-11;1-17-12(16)15-14-8-11-10-5-3-2-4-9(10)6-7-13-11;/h2*2-8H,1H3,(H,13,15,16);/q;;+2. The Balaban J connectivity index is 0.000000240. The summed E-state index contributed by atoms with van der Waals surface area (Å²) in [7, 11) is 0. The monoisotopic (exact) mass is 586 g/mol. The zero-order chi connectivity index (χ0) is 24.2. The van der Waals surface area contributed by atoms with E-state index in [0.29, 0.717) is 8.64 Å². The Morgan fingerprint density at radius 3 is 2.09 bits per heavy atom. The topological polar surface area (TPSA) is 78.7 Å². The number of benzene rings is 2. The van der Waals surface area contributed by atoms with E-state index in [4.69, 9.17) is 0 Å². The van der Waals surface area contributed by atoms with Crippen molar-refractivity contribution in [2.75, 3.05) is 12.5 Å². The molecule has 2 heterocycles. The fraction of sp³-hybridized carbons (Fsp3) is 0.0833. The zero-order valence-electron chi connectivity index (χ0n) is 19.2. The first-order valence-corrected chi connectivity index (χ1v) is 13.3. The van der Waals surface area contributed by atoms with Crippen LogP contribution in [-0.4, -0.2) is 43.5 Å². The fourth-order valence-electron chi connectivity index (χ4n) is 2.77. The molecule has 11 heteroatoms. The second kappa shape index (κ2) is 15.6. The molecular formula is C24H22N6S4Zn+2. The van der Waals surface area contributed by atoms with E-state index in [1.54, 1.807) is 18.6 Å². The van der Waals surface area contributed by atoms with Crippen molar-refractivity contribution in [2.24, 2.45) is 10.2 Å². The summed E-state index contributed by atoms with van der Waals surface area (Å²) in [6, 6.07) is 20.1. The molecule has 0 fully saturated rings. The molecule has 0 bridgehead atoms. The molecule has 35 heavy (non-hydrogen) atoms. The molecule has 0 amide bonds. The Morgan fingerprint density at radius 2 is 1.40 bits per heavy atom. The Hall–Kier alpha value is -2.30. The molecule has 6 nitrogen and oxygen atoms in total. The molecule has 0 atom stereocenters. The molecule has 0 saturated heterocycles. The van der Waals surface area contributed by atoms with Crippen molar-refractivity contribution in [3.8, 4) is 0 Å². The number of fused-ring (bicyclic) bond motifs is 2. The van der Waals surface area contributed by atoms with Gasteiger partial charge < -0.3 is 21.1 Å². The molecular weight excluding hydrogens is 566 g/mol. The summed E-state index contributed by atoms with van der Waals surface area (Å²) in [5.41, 5.74) is 9.41. The molecule has 0 aliphatic rings. The number of rotatable bonds is 4. The SMILES string of the molecule is CSC(=[SH+])[N-]N=Cc1cc2ccccc2cn1.CSC(=[SH+])[N-]N=Cc1nccc2ccccc12.[Zn+2]. The van der Waals surface area contributed by atoms with Crippen molar-refractivity contribution in [3.05, 3.63) is 95.3 Å². The van der Waals surface area contributed by atoms with Crippen molar-refractivity contribution in [1.29, 1.82) is 0 Å². The third-order valence-corrected chi connectivity index (χ3v) is 6.55. The molecule has 0 aliphatic carbocycles. The molecule has 4 rings (SSSR count). The molecule has 0 aliphatic heterocycles. The third-order valence-electron chi connectivity index (χ3n) is 4.38. The van der Waals surface area contributed by atoms with Crippen LogP contribution in [0.5, 0.6) is 0 Å². The van der Waals surface area contributed by atoms with Crippen molar-refractivity contribution < 1.29 is 19.5 Å². The van der Waals surface area contributed by atoms with E-state index in [2.05, 4.69) is 55.5 Å². The van der Waals surface area contributed by atoms with Crippen LogP contribution in [-0.2, 0) is 43.9 Å². The Labute approximate surface area is 236 Å². The van der Waals surface area contributed by atoms with Crippen molar-refractivity contribution in [3.63, 3.8) is 0 Å². The first kappa shape index (κ1) is 28.9. The summed E-state index contributed by atoms with van der Waals surface area (Å²) in [6.07, 6.45) is 10.7. The maximum Gasteiger partial charge on any atom is 2.00 e. The van der Waals surface area contributed by atoms with E-state index in [1.807, 2.05) is 79.4 Å². The van der Waals surface area contributed by atoms with Crippen LogP contribution in [0.15, 0.2) is 83.3 Å². The molecule has 2 aromatic carbocycles. The number of hydrogen-bond acceptors (Lipinski definition) is 6. The second-order valence-electron chi connectivity index (χ2n) is 6.54. The molecule has 4 aromatic rings. The first-order valence-electron chi connectivity index (χ1n) is 9.97. The molecule has 0 saturated carbocycles. The predicted molar refractivity (Wildman–Crippen MR) is 160 cm³/mol. The average molecular weight is 588 g/mol. The smallest absolute Gasteiger partial charge is 0.520 e. The van der Waals surface area contributed by atoms with Gasteiger partial charge in [-0.3, -0.25) is 9.97 Å². The quantitative estimate of drug-likeness (QED) is 0.0806. The van der Waals surface area contributed by atoms with Gasteiger partial charge in [0.2, 0.25) is 0 Å². The van der Waals surface area contributed by atoms with Crippen LogP contribution in [0.4, 0.5) is 0 Å². The van der Waals surface area contributed by atoms with Crippen molar-refractivity contribution in [1.82, 2.24) is 9.97 Å². The second-order valence-corrected chi connectivity index (χ2v) is 9.58. The van der Waals surface area contributed by atoms with Crippen LogP contribution < -0.4 is 0 Å². The van der Waals surface area contributed by atoms with Crippen LogP contribution in [0.3, 0.4) is 0 Å². The maximum absolute atomic E-state index is 4.28. The van der Waals surface area contributed by atoms with Gasteiger partial charge in [-0.25, -0.2) is 0 Å². The Bertz CT molecular complexity index is 1330. The predicted octanol–water partition coefficient (Wildman–Crippen LogP) is 5.34. The normalized spacial score (nSPS) is 10.6. The number of thiol groups is 2. The minimum atomic E-state index is 0. The first-order chi connectivity index (χ1) is 16.6. The van der Waals surface area contributed by atoms with Gasteiger partial charge in [-0.1, -0.05) is 72.1 Å². The Morgan fingerprint density at radius 1 is 0.800 bits per heavy atom. The number of hydrogen-bond donors (Lipinski definition) is 0. The van der Waals surface area contributed by atoms with Crippen LogP contribution >= 0.6 is 23.5 Å². The van der Waals surface area contributed by atoms with Gasteiger partial charge in [0.25, 0.3) is 0 Å². The minimum Gasteiger partial charge on any atom is -0.520 e. The van der Waals surface area contributed by atoms with E-state index in [1.165, 1.54) is 23.5 Å². The average Bonchev–Trinajstić information content (AvgIpc) is 2.89. The van der Waals surface area contributed by atoms with E-state index in [0.717, 1.165) is 32.9 Å². The van der Waals surface area contributed by atoms with Crippen molar-refractivity contribution in [2.45, 2.75) is 0 Å². The molecule has 0 spiro atoms. The van der Waals surface area contributed by atoms with Gasteiger partial charge in [0.1, 0.15) is 0 Å². The summed E-state index contributed by atoms with van der Waals surface area (Å²) >= 11 is 11.1. The van der Waals surface area contributed by atoms with Gasteiger partial charge in [-0.05, 0) is 35.4 Å². The molecule has 172 valence electrons. The number of nitrogens with zero attached hydrogens (tertiary/aromatic N) is 6. The minimum absolute atomic E-state index is 0. The van der Waals surface area contributed by atoms with Gasteiger partial charge >= 0.3 is 19.5 Å². The van der Waals surface area contributed by atoms with E-state index < -0.39 is 0 Å². The van der Waals surface area contributed by atoms with Crippen LogP contribution in [0.25, 0.3) is 32.4 Å². The van der Waals surface area contributed by atoms with Crippen LogP contribution in [0.2, 0.25) is 0 Å². The van der Waals surface area contributed by atoms with Gasteiger partial charge in [0.15, 0.2) is 33.1 Å². The van der Waals surface area contributed by atoms with Gasteiger partial charge in [0, 0.05) is 35.6 Å². The molecule has 0 radical (unpaired) electrons. The summed E-state index contributed by atoms with van der Waals surface area (Å²) < 4.78 is 1.25. The van der Waals surface area contributed by atoms with E-state index >= 15 is 0 Å². The van der Waals surface area contributed by atoms with Gasteiger partial charge in [-0.15, -0.1) is 0 Å². The summed E-state index contributed by atoms with van der Waals surface area (Å²) in [4.78, 5) is 8.56. The zero-order valence-corrected chi connectivity index (χ0v) is 25.6. The number of thioether (sulfide) groups is 2. The Kier molecular flexibility index (Phi) is 12.9. The van der Waals surface area contributed by atoms with E-state index in [-0.39, 0.29) is 19.5 Å². The summed E-state index contributed by atoms with van der Waals surface area (Å²) in [6.45, 7) is 0. The fourth-order valence-corrected chi connectivity index (χ4v) is 3.13. The van der Waals surface area contributed by atoms with Gasteiger partial charge in [-0.2, -0.15) is 0 Å². The van der Waals surface area contributed by atoms with Crippen LogP contribution in [0.1, 0.15) is 11.4 Å². The third kappa shape index (κ3) is 9.35. The van der Waals surface area contributed by atoms with Crippen LogP contribution in [0, 0.1) is 0 Å². The van der Waals surface area contributed by atoms with Gasteiger partial charge in [0.05, 0.1) is 11.4 Å². The molecule has 0 unspecified atom stereocenters. The summed E-state index contributed by atoms with van der Waals surface area (Å²) in [5.74, 6) is 0. The van der Waals surface area contributed by atoms with Crippen molar-refractivity contribution >= 4 is 90.6 Å². The summed E-state index contributed by atoms with van der Waals surface area (Å²) in [5, 5.41) is 12.4. The number of pyridine rings is 2. The van der Waals surface area contributed by atoms with E-state index in [9.17, 15) is 0 Å². The number of aromatic nitrogens is 2. The molecule has 2 aromatic heterocycles. The molecule has 0 N–H and O–H groups in total. The maximum atomic E-state index is 4.28.